The highest BCUT2D eigenvalue weighted by molar-refractivity contribution is 6.30. The summed E-state index contributed by atoms with van der Waals surface area (Å²) in [6.07, 6.45) is 2.39. The zero-order chi connectivity index (χ0) is 18.7. The number of nitrogens with one attached hydrogen (secondary N) is 1. The van der Waals surface area contributed by atoms with Gasteiger partial charge in [-0.2, -0.15) is 5.10 Å². The molecule has 1 fully saturated rings. The summed E-state index contributed by atoms with van der Waals surface area (Å²) >= 11 is 5.97. The predicted octanol–water partition coefficient (Wildman–Crippen LogP) is 4.80. The molecule has 1 aliphatic carbocycles. The molecule has 0 heterocycles. The Morgan fingerprint density at radius 2 is 1.59 bits per heavy atom. The molecule has 0 bridgehead atoms. The van der Waals surface area contributed by atoms with Crippen LogP contribution >= 0.6 is 11.6 Å². The normalized spacial score (nSPS) is 17.6. The van der Waals surface area contributed by atoms with Gasteiger partial charge in [0.2, 0.25) is 5.91 Å². The van der Waals surface area contributed by atoms with Crippen LogP contribution in [0.2, 0.25) is 5.02 Å². The van der Waals surface area contributed by atoms with Crippen molar-refractivity contribution in [2.75, 3.05) is 0 Å². The first-order valence-electron chi connectivity index (χ1n) is 8.90. The van der Waals surface area contributed by atoms with Gasteiger partial charge in [0.15, 0.2) is 0 Å². The van der Waals surface area contributed by atoms with E-state index in [0.717, 1.165) is 23.1 Å². The standard InChI is InChI=1S/C23H19ClN2O/c24-20-13-7-8-17(14-20)16-25-26-22(27)21-15-23(21,18-9-3-1-4-10-18)19-11-5-2-6-12-19/h1-14,16,21H,15H2,(H,26,27)/t21-/m1/s1. The Balaban J connectivity index is 1.54. The van der Waals surface area contributed by atoms with E-state index in [1.165, 1.54) is 0 Å². The van der Waals surface area contributed by atoms with E-state index in [4.69, 9.17) is 11.6 Å². The van der Waals surface area contributed by atoms with Gasteiger partial charge in [-0.15, -0.1) is 0 Å². The topological polar surface area (TPSA) is 41.5 Å². The Morgan fingerprint density at radius 1 is 0.963 bits per heavy atom. The second-order valence-corrected chi connectivity index (χ2v) is 7.19. The molecule has 0 spiro atoms. The first-order chi connectivity index (χ1) is 13.2. The van der Waals surface area contributed by atoms with Gasteiger partial charge in [-0.25, -0.2) is 5.43 Å². The molecule has 4 rings (SSSR count). The zero-order valence-corrected chi connectivity index (χ0v) is 15.4. The van der Waals surface area contributed by atoms with Crippen molar-refractivity contribution >= 4 is 23.7 Å². The lowest BCUT2D eigenvalue weighted by Crippen LogP contribution is -2.25. The molecule has 27 heavy (non-hydrogen) atoms. The molecule has 0 saturated heterocycles. The molecule has 4 heteroatoms. The first kappa shape index (κ1) is 17.5. The predicted molar refractivity (Wildman–Crippen MR) is 109 cm³/mol. The SMILES string of the molecule is O=C(NN=Cc1cccc(Cl)c1)[C@H]1CC1(c1ccccc1)c1ccccc1. The fraction of sp³-hybridized carbons (Fsp3) is 0.130. The Labute approximate surface area is 163 Å². The fourth-order valence-electron chi connectivity index (χ4n) is 3.69. The van der Waals surface area contributed by atoms with E-state index in [1.807, 2.05) is 48.5 Å². The van der Waals surface area contributed by atoms with Crippen molar-refractivity contribution in [2.24, 2.45) is 11.0 Å². The Bertz CT molecular complexity index is 930. The minimum Gasteiger partial charge on any atom is -0.273 e. The Morgan fingerprint density at radius 3 is 2.19 bits per heavy atom. The van der Waals surface area contributed by atoms with Crippen LogP contribution in [-0.2, 0) is 10.2 Å². The highest BCUT2D eigenvalue weighted by Crippen LogP contribution is 2.58. The van der Waals surface area contributed by atoms with Gasteiger partial charge in [-0.3, -0.25) is 4.79 Å². The van der Waals surface area contributed by atoms with E-state index in [9.17, 15) is 4.79 Å². The molecule has 0 unspecified atom stereocenters. The minimum atomic E-state index is -0.280. The molecule has 0 aromatic heterocycles. The summed E-state index contributed by atoms with van der Waals surface area (Å²) in [6, 6.07) is 27.8. The summed E-state index contributed by atoms with van der Waals surface area (Å²) in [6.45, 7) is 0. The van der Waals surface area contributed by atoms with Crippen molar-refractivity contribution in [2.45, 2.75) is 11.8 Å². The Hall–Kier alpha value is -2.91. The van der Waals surface area contributed by atoms with E-state index in [1.54, 1.807) is 18.3 Å². The number of hydrogen-bond donors (Lipinski definition) is 1. The van der Waals surface area contributed by atoms with Crippen LogP contribution in [0.15, 0.2) is 90.0 Å². The van der Waals surface area contributed by atoms with Crippen molar-refractivity contribution in [3.8, 4) is 0 Å². The van der Waals surface area contributed by atoms with Gasteiger partial charge in [-0.1, -0.05) is 84.4 Å². The molecule has 1 amide bonds. The van der Waals surface area contributed by atoms with Crippen LogP contribution in [0.1, 0.15) is 23.1 Å². The maximum Gasteiger partial charge on any atom is 0.244 e. The average molecular weight is 375 g/mol. The lowest BCUT2D eigenvalue weighted by atomic mass is 9.85. The quantitative estimate of drug-likeness (QED) is 0.506. The molecule has 3 aromatic rings. The summed E-state index contributed by atoms with van der Waals surface area (Å²) in [5.41, 5.74) is 5.58. The molecule has 1 saturated carbocycles. The van der Waals surface area contributed by atoms with Gasteiger partial charge in [0, 0.05) is 10.4 Å². The number of carbonyl (C=O) groups is 1. The molecule has 0 aliphatic heterocycles. The molecular weight excluding hydrogens is 356 g/mol. The van der Waals surface area contributed by atoms with E-state index >= 15 is 0 Å². The monoisotopic (exact) mass is 374 g/mol. The van der Waals surface area contributed by atoms with Crippen molar-refractivity contribution in [1.29, 1.82) is 0 Å². The van der Waals surface area contributed by atoms with E-state index < -0.39 is 0 Å². The van der Waals surface area contributed by atoms with E-state index in [0.29, 0.717) is 5.02 Å². The van der Waals surface area contributed by atoms with Crippen molar-refractivity contribution in [3.63, 3.8) is 0 Å². The molecule has 1 N–H and O–H groups in total. The van der Waals surface area contributed by atoms with Gasteiger partial charge in [0.05, 0.1) is 12.1 Å². The van der Waals surface area contributed by atoms with E-state index in [-0.39, 0.29) is 17.2 Å². The number of hydrazone groups is 1. The number of halogens is 1. The number of rotatable bonds is 5. The number of benzene rings is 3. The number of amides is 1. The van der Waals surface area contributed by atoms with Crippen LogP contribution in [0.3, 0.4) is 0 Å². The molecular formula is C23H19ClN2O. The van der Waals surface area contributed by atoms with Crippen molar-refractivity contribution in [3.05, 3.63) is 107 Å². The van der Waals surface area contributed by atoms with Crippen LogP contribution in [-0.4, -0.2) is 12.1 Å². The van der Waals surface area contributed by atoms with Crippen LogP contribution in [0.5, 0.6) is 0 Å². The fourth-order valence-corrected chi connectivity index (χ4v) is 3.89. The minimum absolute atomic E-state index is 0.0685. The highest BCUT2D eigenvalue weighted by atomic mass is 35.5. The number of hydrogen-bond acceptors (Lipinski definition) is 2. The smallest absolute Gasteiger partial charge is 0.244 e. The molecule has 3 aromatic carbocycles. The molecule has 0 radical (unpaired) electrons. The molecule has 1 aliphatic rings. The first-order valence-corrected chi connectivity index (χ1v) is 9.27. The number of carbonyl (C=O) groups excluding carboxylic acids is 1. The van der Waals surface area contributed by atoms with E-state index in [2.05, 4.69) is 34.8 Å². The maximum absolute atomic E-state index is 12.8. The van der Waals surface area contributed by atoms with Crippen LogP contribution in [0.25, 0.3) is 0 Å². The molecule has 134 valence electrons. The van der Waals surface area contributed by atoms with Crippen LogP contribution < -0.4 is 5.43 Å². The summed E-state index contributed by atoms with van der Waals surface area (Å²) in [7, 11) is 0. The van der Waals surface area contributed by atoms with Gasteiger partial charge in [-0.05, 0) is 35.2 Å². The number of nitrogens with zero attached hydrogens (tertiary/aromatic N) is 1. The second kappa shape index (κ2) is 7.37. The van der Waals surface area contributed by atoms with Crippen LogP contribution in [0.4, 0.5) is 0 Å². The second-order valence-electron chi connectivity index (χ2n) is 6.75. The zero-order valence-electron chi connectivity index (χ0n) is 14.7. The third-order valence-corrected chi connectivity index (χ3v) is 5.33. The summed E-state index contributed by atoms with van der Waals surface area (Å²) in [5, 5.41) is 4.75. The third kappa shape index (κ3) is 3.51. The average Bonchev–Trinajstić information content (AvgIpc) is 3.47. The van der Waals surface area contributed by atoms with Crippen molar-refractivity contribution < 1.29 is 4.79 Å². The highest BCUT2D eigenvalue weighted by Gasteiger charge is 2.60. The van der Waals surface area contributed by atoms with Gasteiger partial charge >= 0.3 is 0 Å². The lowest BCUT2D eigenvalue weighted by molar-refractivity contribution is -0.122. The van der Waals surface area contributed by atoms with Crippen LogP contribution in [0, 0.1) is 5.92 Å². The van der Waals surface area contributed by atoms with Gasteiger partial charge in [0.1, 0.15) is 0 Å². The largest absolute Gasteiger partial charge is 0.273 e. The van der Waals surface area contributed by atoms with Gasteiger partial charge < -0.3 is 0 Å². The third-order valence-electron chi connectivity index (χ3n) is 5.09. The van der Waals surface area contributed by atoms with Crippen molar-refractivity contribution in [1.82, 2.24) is 5.43 Å². The lowest BCUT2D eigenvalue weighted by Gasteiger charge is -2.18. The summed E-state index contributed by atoms with van der Waals surface area (Å²) in [5.74, 6) is -0.209. The summed E-state index contributed by atoms with van der Waals surface area (Å²) in [4.78, 5) is 12.8. The van der Waals surface area contributed by atoms with Gasteiger partial charge in [0.25, 0.3) is 0 Å². The summed E-state index contributed by atoms with van der Waals surface area (Å²) < 4.78 is 0. The Kier molecular flexibility index (Phi) is 4.78. The molecule has 3 nitrogen and oxygen atoms in total. The maximum atomic E-state index is 12.8. The molecule has 1 atom stereocenters.